The summed E-state index contributed by atoms with van der Waals surface area (Å²) >= 11 is 0. The maximum Gasteiger partial charge on any atom is 0.321 e. The van der Waals surface area contributed by atoms with Crippen LogP contribution in [0.5, 0.6) is 0 Å². The van der Waals surface area contributed by atoms with Crippen molar-refractivity contribution < 1.29 is 35.6 Å². The lowest BCUT2D eigenvalue weighted by Gasteiger charge is -2.29. The molecule has 1 saturated carbocycles. The Bertz CT molecular complexity index is 2030. The first-order valence-electron chi connectivity index (χ1n) is 15.7. The number of urea groups is 1. The number of aliphatic imine (C=N–C) groups is 1. The number of amides is 4. The van der Waals surface area contributed by atoms with Gasteiger partial charge in [0.25, 0.3) is 15.9 Å². The largest absolute Gasteiger partial charge is 0.341 e. The Hall–Kier alpha value is -4.67. The van der Waals surface area contributed by atoms with Gasteiger partial charge in [-0.3, -0.25) is 14.5 Å². The molecule has 2 bridgehead atoms. The third kappa shape index (κ3) is 7.81. The van der Waals surface area contributed by atoms with Crippen LogP contribution < -0.4 is 19.7 Å². The van der Waals surface area contributed by atoms with Crippen LogP contribution in [0.15, 0.2) is 82.7 Å². The molecule has 2 saturated heterocycles. The normalized spacial score (nSPS) is 20.9. The molecule has 3 aliphatic heterocycles. The number of para-hydroxylation sites is 1. The molecule has 4 aliphatic rings. The zero-order chi connectivity index (χ0) is 34.9. The van der Waals surface area contributed by atoms with Crippen molar-refractivity contribution in [2.24, 2.45) is 16.8 Å². The van der Waals surface area contributed by atoms with E-state index >= 15 is 4.39 Å². The van der Waals surface area contributed by atoms with Crippen molar-refractivity contribution in [3.63, 3.8) is 0 Å². The summed E-state index contributed by atoms with van der Waals surface area (Å²) in [7, 11) is -8.61. The van der Waals surface area contributed by atoms with Gasteiger partial charge in [0, 0.05) is 29.9 Å². The highest BCUT2D eigenvalue weighted by atomic mass is 32.3. The first-order chi connectivity index (χ1) is 23.3. The summed E-state index contributed by atoms with van der Waals surface area (Å²) in [5.74, 6) is -0.801. The second-order valence-corrected chi connectivity index (χ2v) is 16.2. The van der Waals surface area contributed by atoms with Crippen LogP contribution in [0.3, 0.4) is 0 Å². The summed E-state index contributed by atoms with van der Waals surface area (Å²) in [6.45, 7) is 0.880. The summed E-state index contributed by atoms with van der Waals surface area (Å²) in [4.78, 5) is 48.6. The standard InChI is InChI=1S/C33H35FN6O7S2/c1-48(44,45)38-49(46,47)24-8-6-7-23(17-24)35-33(43)37-31-32(42)40(20-29(41)39-18-21-13-14-22(19-39)16-15-21)28-12-5-3-10-26(28)30(36-31)25-9-2-4-11-27(25)34/h2-12,17,21-22,31,38H,13-16,18-20H2,1H3,(H2,35,37,43). The number of nitrogens with zero attached hydrogens (tertiary/aromatic N) is 3. The van der Waals surface area contributed by atoms with Crippen molar-refractivity contribution in [3.8, 4) is 0 Å². The van der Waals surface area contributed by atoms with E-state index in [1.54, 1.807) is 34.5 Å². The first-order valence-corrected chi connectivity index (χ1v) is 19.1. The predicted molar refractivity (Wildman–Crippen MR) is 180 cm³/mol. The molecule has 0 radical (unpaired) electrons. The summed E-state index contributed by atoms with van der Waals surface area (Å²) < 4.78 is 65.0. The number of hydrogen-bond acceptors (Lipinski definition) is 8. The minimum absolute atomic E-state index is 0.0423. The van der Waals surface area contributed by atoms with Crippen LogP contribution >= 0.6 is 0 Å². The van der Waals surface area contributed by atoms with Crippen molar-refractivity contribution in [1.29, 1.82) is 0 Å². The topological polar surface area (TPSA) is 174 Å². The molecule has 13 nitrogen and oxygen atoms in total. The van der Waals surface area contributed by atoms with Gasteiger partial charge in [0.2, 0.25) is 22.1 Å². The molecule has 3 aromatic rings. The Labute approximate surface area is 283 Å². The number of carbonyl (C=O) groups is 3. The lowest BCUT2D eigenvalue weighted by Crippen LogP contribution is -2.51. The van der Waals surface area contributed by atoms with Gasteiger partial charge in [-0.2, -0.15) is 0 Å². The van der Waals surface area contributed by atoms with Crippen LogP contribution in [-0.2, 0) is 29.6 Å². The van der Waals surface area contributed by atoms with Crippen LogP contribution in [0.4, 0.5) is 20.6 Å². The molecule has 16 heteroatoms. The maximum absolute atomic E-state index is 15.2. The molecule has 1 aliphatic carbocycles. The van der Waals surface area contributed by atoms with Crippen LogP contribution in [0, 0.1) is 17.7 Å². The smallest absolute Gasteiger partial charge is 0.321 e. The quantitative estimate of drug-likeness (QED) is 0.322. The summed E-state index contributed by atoms with van der Waals surface area (Å²) in [5, 5.41) is 4.93. The zero-order valence-electron chi connectivity index (χ0n) is 26.5. The number of hydrogen-bond donors (Lipinski definition) is 3. The van der Waals surface area contributed by atoms with E-state index in [4.69, 9.17) is 0 Å². The molecular formula is C33H35FN6O7S2. The SMILES string of the molecule is CS(=O)(=O)NS(=O)(=O)c1cccc(NC(=O)NC2N=C(c3ccccc3F)c3ccccc3N(CC(=O)N3CC4CCC(CC4)C3)C2=O)c1. The van der Waals surface area contributed by atoms with Crippen molar-refractivity contribution in [3.05, 3.63) is 89.7 Å². The van der Waals surface area contributed by atoms with Gasteiger partial charge >= 0.3 is 6.03 Å². The minimum atomic E-state index is -4.49. The lowest BCUT2D eigenvalue weighted by molar-refractivity contribution is -0.132. The number of fused-ring (bicyclic) bond motifs is 5. The van der Waals surface area contributed by atoms with E-state index in [9.17, 15) is 31.2 Å². The Morgan fingerprint density at radius 2 is 1.51 bits per heavy atom. The molecular weight excluding hydrogens is 676 g/mol. The second kappa shape index (κ2) is 13.7. The molecule has 1 atom stereocenters. The zero-order valence-corrected chi connectivity index (χ0v) is 28.1. The van der Waals surface area contributed by atoms with E-state index in [1.165, 1.54) is 35.2 Å². The lowest BCUT2D eigenvalue weighted by atomic mass is 9.84. The van der Waals surface area contributed by atoms with Crippen LogP contribution in [0.2, 0.25) is 0 Å². The molecule has 0 spiro atoms. The highest BCUT2D eigenvalue weighted by molar-refractivity contribution is 8.04. The van der Waals surface area contributed by atoms with Crippen molar-refractivity contribution in [1.82, 2.24) is 14.3 Å². The first kappa shape index (κ1) is 34.2. The van der Waals surface area contributed by atoms with Gasteiger partial charge < -0.3 is 15.5 Å². The van der Waals surface area contributed by atoms with Gasteiger partial charge in [-0.1, -0.05) is 36.4 Å². The monoisotopic (exact) mass is 710 g/mol. The summed E-state index contributed by atoms with van der Waals surface area (Å²) in [6, 6.07) is 16.4. The molecule has 7 rings (SSSR count). The molecule has 258 valence electrons. The number of benzene rings is 3. The summed E-state index contributed by atoms with van der Waals surface area (Å²) in [6.07, 6.45) is 3.29. The number of rotatable bonds is 8. The number of anilines is 2. The minimum Gasteiger partial charge on any atom is -0.341 e. The van der Waals surface area contributed by atoms with Gasteiger partial charge in [0.15, 0.2) is 0 Å². The Morgan fingerprint density at radius 1 is 0.878 bits per heavy atom. The summed E-state index contributed by atoms with van der Waals surface area (Å²) in [5.41, 5.74) is 0.810. The number of nitrogens with one attached hydrogen (secondary N) is 3. The van der Waals surface area contributed by atoms with Crippen molar-refractivity contribution in [2.45, 2.75) is 36.7 Å². The third-order valence-corrected chi connectivity index (χ3v) is 11.8. The molecule has 49 heavy (non-hydrogen) atoms. The van der Waals surface area contributed by atoms with E-state index in [0.717, 1.165) is 37.8 Å². The Morgan fingerprint density at radius 3 is 2.16 bits per heavy atom. The van der Waals surface area contributed by atoms with Crippen molar-refractivity contribution in [2.75, 3.05) is 36.1 Å². The molecule has 0 aromatic heterocycles. The van der Waals surface area contributed by atoms with E-state index in [2.05, 4.69) is 15.6 Å². The van der Waals surface area contributed by atoms with Crippen molar-refractivity contribution >= 4 is 55.0 Å². The fourth-order valence-corrected chi connectivity index (χ4v) is 9.09. The number of carbonyl (C=O) groups excluding carboxylic acids is 3. The molecule has 3 N–H and O–H groups in total. The highest BCUT2D eigenvalue weighted by Crippen LogP contribution is 2.34. The number of benzodiazepines with no additional fused rings is 1. The second-order valence-electron chi connectivity index (χ2n) is 12.5. The number of halogens is 1. The third-order valence-electron chi connectivity index (χ3n) is 8.84. The van der Waals surface area contributed by atoms with Gasteiger partial charge in [0.05, 0.1) is 22.6 Å². The molecule has 3 aromatic carbocycles. The van der Waals surface area contributed by atoms with Crippen LogP contribution in [0.25, 0.3) is 0 Å². The van der Waals surface area contributed by atoms with Gasteiger partial charge in [-0.25, -0.2) is 31.0 Å². The van der Waals surface area contributed by atoms with E-state index in [1.807, 2.05) is 4.90 Å². The molecule has 1 unspecified atom stereocenters. The molecule has 3 fully saturated rings. The maximum atomic E-state index is 15.2. The van der Waals surface area contributed by atoms with E-state index in [-0.39, 0.29) is 29.4 Å². The average Bonchev–Trinajstić information content (AvgIpc) is 3.43. The fourth-order valence-electron chi connectivity index (χ4n) is 6.57. The van der Waals surface area contributed by atoms with Gasteiger partial charge in [-0.05, 0) is 73.9 Å². The predicted octanol–water partition coefficient (Wildman–Crippen LogP) is 3.04. The van der Waals surface area contributed by atoms with Crippen LogP contribution in [0.1, 0.15) is 36.8 Å². The average molecular weight is 711 g/mol. The Kier molecular flexibility index (Phi) is 9.55. The molecule has 3 heterocycles. The highest BCUT2D eigenvalue weighted by Gasteiger charge is 2.37. The van der Waals surface area contributed by atoms with Crippen LogP contribution in [-0.4, -0.2) is 77.3 Å². The van der Waals surface area contributed by atoms with E-state index in [0.29, 0.717) is 42.4 Å². The number of sulfonamides is 2. The van der Waals surface area contributed by atoms with Gasteiger partial charge in [-0.15, -0.1) is 4.13 Å². The molecule has 4 amide bonds. The fraction of sp³-hybridized carbons (Fsp3) is 0.333. The van der Waals surface area contributed by atoms with E-state index < -0.39 is 48.9 Å². The van der Waals surface area contributed by atoms with Gasteiger partial charge in [0.1, 0.15) is 12.4 Å². The Balaban J connectivity index is 1.32.